The average Bonchev–Trinajstić information content (AvgIpc) is 2.79. The standard InChI is InChI=1S/C19H29N3O3/c1-4-9-20-18(23)8-6-15-5-7-17-16(12-15)13-22(10-11-25-17)19(24)21-14(2)3/h5,7,12,14H,4,6,8-11,13H2,1-3H3,(H,20,23)(H,21,24). The lowest BCUT2D eigenvalue weighted by Crippen LogP contribution is -2.43. The SMILES string of the molecule is CCCNC(=O)CCc1ccc2c(c1)CN(C(=O)NC(C)C)CCO2. The molecule has 0 radical (unpaired) electrons. The number of nitrogens with one attached hydrogen (secondary N) is 2. The van der Waals surface area contributed by atoms with E-state index in [0.29, 0.717) is 32.5 Å². The predicted octanol–water partition coefficient (Wildman–Crippen LogP) is 2.46. The highest BCUT2D eigenvalue weighted by atomic mass is 16.5. The number of aryl methyl sites for hydroxylation is 1. The molecule has 0 unspecified atom stereocenters. The molecule has 6 heteroatoms. The largest absolute Gasteiger partial charge is 0.491 e. The molecule has 0 aromatic heterocycles. The van der Waals surface area contributed by atoms with Crippen LogP contribution in [-0.4, -0.2) is 42.6 Å². The molecule has 1 aliphatic heterocycles. The van der Waals surface area contributed by atoms with Crippen LogP contribution in [0.15, 0.2) is 18.2 Å². The summed E-state index contributed by atoms with van der Waals surface area (Å²) in [5.74, 6) is 0.894. The summed E-state index contributed by atoms with van der Waals surface area (Å²) in [5, 5.41) is 5.81. The summed E-state index contributed by atoms with van der Waals surface area (Å²) in [6, 6.07) is 6.01. The molecule has 0 saturated carbocycles. The van der Waals surface area contributed by atoms with Crippen LogP contribution in [0.5, 0.6) is 5.75 Å². The summed E-state index contributed by atoms with van der Waals surface area (Å²) < 4.78 is 5.77. The molecule has 1 aromatic rings. The summed E-state index contributed by atoms with van der Waals surface area (Å²) in [5.41, 5.74) is 2.07. The summed E-state index contributed by atoms with van der Waals surface area (Å²) in [7, 11) is 0. The lowest BCUT2D eigenvalue weighted by molar-refractivity contribution is -0.121. The number of carbonyl (C=O) groups is 2. The zero-order chi connectivity index (χ0) is 18.2. The number of amides is 3. The van der Waals surface area contributed by atoms with Gasteiger partial charge in [-0.15, -0.1) is 0 Å². The summed E-state index contributed by atoms with van der Waals surface area (Å²) in [6.07, 6.45) is 2.09. The molecule has 3 amide bonds. The molecule has 0 saturated heterocycles. The topological polar surface area (TPSA) is 70.7 Å². The maximum atomic E-state index is 12.3. The number of urea groups is 1. The second-order valence-corrected chi connectivity index (χ2v) is 6.67. The maximum absolute atomic E-state index is 12.3. The van der Waals surface area contributed by atoms with E-state index in [9.17, 15) is 9.59 Å². The average molecular weight is 347 g/mol. The van der Waals surface area contributed by atoms with E-state index in [1.54, 1.807) is 4.90 Å². The van der Waals surface area contributed by atoms with E-state index in [1.165, 1.54) is 0 Å². The Hall–Kier alpha value is -2.24. The second kappa shape index (κ2) is 9.30. The smallest absolute Gasteiger partial charge is 0.318 e. The Bertz CT molecular complexity index is 602. The van der Waals surface area contributed by atoms with Crippen molar-refractivity contribution in [3.63, 3.8) is 0 Å². The van der Waals surface area contributed by atoms with Gasteiger partial charge in [0.25, 0.3) is 0 Å². The van der Waals surface area contributed by atoms with Crippen molar-refractivity contribution < 1.29 is 14.3 Å². The molecular formula is C19H29N3O3. The molecule has 6 nitrogen and oxygen atoms in total. The molecule has 0 bridgehead atoms. The van der Waals surface area contributed by atoms with Crippen LogP contribution in [0.4, 0.5) is 4.79 Å². The Morgan fingerprint density at radius 3 is 2.84 bits per heavy atom. The third-order valence-corrected chi connectivity index (χ3v) is 4.02. The van der Waals surface area contributed by atoms with E-state index >= 15 is 0 Å². The van der Waals surface area contributed by atoms with Crippen molar-refractivity contribution in [3.8, 4) is 5.75 Å². The number of hydrogen-bond acceptors (Lipinski definition) is 3. The fourth-order valence-corrected chi connectivity index (χ4v) is 2.73. The van der Waals surface area contributed by atoms with Crippen molar-refractivity contribution >= 4 is 11.9 Å². The number of fused-ring (bicyclic) bond motifs is 1. The van der Waals surface area contributed by atoms with E-state index in [0.717, 1.165) is 29.8 Å². The number of rotatable bonds is 6. The van der Waals surface area contributed by atoms with Crippen LogP contribution in [0.3, 0.4) is 0 Å². The summed E-state index contributed by atoms with van der Waals surface area (Å²) in [4.78, 5) is 25.8. The monoisotopic (exact) mass is 347 g/mol. The Morgan fingerprint density at radius 1 is 1.32 bits per heavy atom. The molecule has 0 aliphatic carbocycles. The molecule has 2 N–H and O–H groups in total. The van der Waals surface area contributed by atoms with Crippen molar-refractivity contribution in [2.75, 3.05) is 19.7 Å². The van der Waals surface area contributed by atoms with Gasteiger partial charge in [-0.05, 0) is 38.3 Å². The zero-order valence-corrected chi connectivity index (χ0v) is 15.4. The molecule has 25 heavy (non-hydrogen) atoms. The fraction of sp³-hybridized carbons (Fsp3) is 0.579. The van der Waals surface area contributed by atoms with Gasteiger partial charge in [-0.3, -0.25) is 4.79 Å². The molecule has 1 heterocycles. The molecule has 2 rings (SSSR count). The predicted molar refractivity (Wildman–Crippen MR) is 97.6 cm³/mol. The Kier molecular flexibility index (Phi) is 7.10. The highest BCUT2D eigenvalue weighted by Gasteiger charge is 2.20. The normalized spacial score (nSPS) is 13.7. The van der Waals surface area contributed by atoms with Gasteiger partial charge < -0.3 is 20.3 Å². The molecule has 138 valence electrons. The van der Waals surface area contributed by atoms with Crippen LogP contribution in [0.2, 0.25) is 0 Å². The van der Waals surface area contributed by atoms with Crippen LogP contribution < -0.4 is 15.4 Å². The molecular weight excluding hydrogens is 318 g/mol. The van der Waals surface area contributed by atoms with E-state index in [2.05, 4.69) is 10.6 Å². The van der Waals surface area contributed by atoms with Crippen molar-refractivity contribution in [1.82, 2.24) is 15.5 Å². The Labute approximate surface area is 149 Å². The first-order valence-electron chi connectivity index (χ1n) is 9.06. The van der Waals surface area contributed by atoms with Gasteiger partial charge in [0.2, 0.25) is 5.91 Å². The molecule has 0 atom stereocenters. The minimum atomic E-state index is -0.0733. The van der Waals surface area contributed by atoms with Gasteiger partial charge in [-0.2, -0.15) is 0 Å². The quantitative estimate of drug-likeness (QED) is 0.830. The van der Waals surface area contributed by atoms with Crippen molar-refractivity contribution in [2.45, 2.75) is 52.6 Å². The van der Waals surface area contributed by atoms with Crippen molar-refractivity contribution in [1.29, 1.82) is 0 Å². The first-order valence-corrected chi connectivity index (χ1v) is 9.06. The first-order chi connectivity index (χ1) is 12.0. The molecule has 1 aromatic carbocycles. The highest BCUT2D eigenvalue weighted by Crippen LogP contribution is 2.25. The summed E-state index contributed by atoms with van der Waals surface area (Å²) in [6.45, 7) is 8.21. The van der Waals surface area contributed by atoms with Crippen LogP contribution in [0, 0.1) is 0 Å². The highest BCUT2D eigenvalue weighted by molar-refractivity contribution is 5.76. The fourth-order valence-electron chi connectivity index (χ4n) is 2.73. The van der Waals surface area contributed by atoms with Gasteiger partial charge in [0, 0.05) is 24.6 Å². The third kappa shape index (κ3) is 5.96. The minimum absolute atomic E-state index is 0.0733. The van der Waals surface area contributed by atoms with Gasteiger partial charge in [-0.1, -0.05) is 19.1 Å². The van der Waals surface area contributed by atoms with Crippen LogP contribution >= 0.6 is 0 Å². The minimum Gasteiger partial charge on any atom is -0.491 e. The molecule has 0 fully saturated rings. The van der Waals surface area contributed by atoms with Crippen molar-refractivity contribution in [2.24, 2.45) is 0 Å². The van der Waals surface area contributed by atoms with E-state index in [4.69, 9.17) is 4.74 Å². The number of nitrogens with zero attached hydrogens (tertiary/aromatic N) is 1. The Morgan fingerprint density at radius 2 is 2.12 bits per heavy atom. The maximum Gasteiger partial charge on any atom is 0.318 e. The van der Waals surface area contributed by atoms with E-state index < -0.39 is 0 Å². The van der Waals surface area contributed by atoms with Gasteiger partial charge in [0.05, 0.1) is 13.1 Å². The zero-order valence-electron chi connectivity index (χ0n) is 15.4. The van der Waals surface area contributed by atoms with Crippen LogP contribution in [0.1, 0.15) is 44.7 Å². The van der Waals surface area contributed by atoms with E-state index in [1.807, 2.05) is 39.0 Å². The second-order valence-electron chi connectivity index (χ2n) is 6.67. The van der Waals surface area contributed by atoms with Gasteiger partial charge in [0.15, 0.2) is 0 Å². The van der Waals surface area contributed by atoms with Gasteiger partial charge in [-0.25, -0.2) is 4.79 Å². The molecule has 1 aliphatic rings. The van der Waals surface area contributed by atoms with Crippen LogP contribution in [-0.2, 0) is 17.8 Å². The van der Waals surface area contributed by atoms with E-state index in [-0.39, 0.29) is 18.0 Å². The van der Waals surface area contributed by atoms with Gasteiger partial charge in [0.1, 0.15) is 12.4 Å². The lowest BCUT2D eigenvalue weighted by Gasteiger charge is -2.22. The Balaban J connectivity index is 2.01. The third-order valence-electron chi connectivity index (χ3n) is 4.02. The first kappa shape index (κ1) is 19.1. The lowest BCUT2D eigenvalue weighted by atomic mass is 10.0. The number of hydrogen-bond donors (Lipinski definition) is 2. The molecule has 0 spiro atoms. The number of carbonyl (C=O) groups excluding carboxylic acids is 2. The summed E-state index contributed by atoms with van der Waals surface area (Å²) >= 11 is 0. The number of ether oxygens (including phenoxy) is 1. The number of benzene rings is 1. The van der Waals surface area contributed by atoms with Crippen LogP contribution in [0.25, 0.3) is 0 Å². The van der Waals surface area contributed by atoms with Crippen molar-refractivity contribution in [3.05, 3.63) is 29.3 Å². The van der Waals surface area contributed by atoms with Gasteiger partial charge >= 0.3 is 6.03 Å².